The molecule has 17 heavy (non-hydrogen) atoms. The van der Waals surface area contributed by atoms with E-state index in [9.17, 15) is 4.79 Å². The molecule has 0 unspecified atom stereocenters. The largest absolute Gasteiger partial charge is 0.383 e. The number of hydrogen-bond acceptors (Lipinski definition) is 4. The van der Waals surface area contributed by atoms with Crippen LogP contribution >= 0.6 is 0 Å². The summed E-state index contributed by atoms with van der Waals surface area (Å²) in [5.41, 5.74) is 6.08. The Morgan fingerprint density at radius 1 is 1.65 bits per heavy atom. The summed E-state index contributed by atoms with van der Waals surface area (Å²) in [7, 11) is 1.69. The number of ether oxygens (including phenoxy) is 1. The quantitative estimate of drug-likeness (QED) is 0.705. The van der Waals surface area contributed by atoms with Gasteiger partial charge in [-0.3, -0.25) is 9.48 Å². The van der Waals surface area contributed by atoms with Crippen molar-refractivity contribution >= 4 is 11.7 Å². The van der Waals surface area contributed by atoms with Gasteiger partial charge in [0.1, 0.15) is 11.4 Å². The zero-order chi connectivity index (χ0) is 12.8. The van der Waals surface area contributed by atoms with Crippen molar-refractivity contribution in [2.24, 2.45) is 13.0 Å². The lowest BCUT2D eigenvalue weighted by molar-refractivity contribution is 0.0887. The molecule has 0 saturated heterocycles. The minimum absolute atomic E-state index is 0.219. The second-order valence-corrected chi connectivity index (χ2v) is 4.29. The number of nitrogens with zero attached hydrogens (tertiary/aromatic N) is 2. The van der Waals surface area contributed by atoms with Crippen LogP contribution in [-0.2, 0) is 11.8 Å². The average molecular weight is 240 g/mol. The smallest absolute Gasteiger partial charge is 0.256 e. The highest BCUT2D eigenvalue weighted by Gasteiger charge is 2.12. The Labute approximate surface area is 101 Å². The highest BCUT2D eigenvalue weighted by Crippen LogP contribution is 2.08. The fourth-order valence-corrected chi connectivity index (χ4v) is 1.27. The van der Waals surface area contributed by atoms with E-state index in [1.54, 1.807) is 7.05 Å². The predicted octanol–water partition coefficient (Wildman–Crippen LogP) is 0.405. The first-order valence-corrected chi connectivity index (χ1v) is 5.65. The number of aryl methyl sites for hydroxylation is 1. The number of nitrogens with one attached hydrogen (secondary N) is 1. The van der Waals surface area contributed by atoms with Crippen molar-refractivity contribution < 1.29 is 9.53 Å². The minimum Gasteiger partial charge on any atom is -0.383 e. The van der Waals surface area contributed by atoms with Gasteiger partial charge in [-0.25, -0.2) is 0 Å². The van der Waals surface area contributed by atoms with Crippen LogP contribution in [0.5, 0.6) is 0 Å². The number of nitrogen functional groups attached to an aromatic ring is 1. The van der Waals surface area contributed by atoms with Gasteiger partial charge in [-0.2, -0.15) is 5.10 Å². The molecule has 6 nitrogen and oxygen atoms in total. The number of carbonyl (C=O) groups is 1. The zero-order valence-electron chi connectivity index (χ0n) is 10.6. The van der Waals surface area contributed by atoms with Gasteiger partial charge in [0, 0.05) is 20.2 Å². The van der Waals surface area contributed by atoms with Crippen molar-refractivity contribution in [1.29, 1.82) is 0 Å². The molecule has 1 amide bonds. The number of aromatic nitrogens is 2. The Balaban J connectivity index is 2.28. The fraction of sp³-hybridized carbons (Fsp3) is 0.636. The van der Waals surface area contributed by atoms with Crippen molar-refractivity contribution in [1.82, 2.24) is 15.1 Å². The maximum atomic E-state index is 11.7. The molecule has 0 fully saturated rings. The Hall–Kier alpha value is -1.56. The summed E-state index contributed by atoms with van der Waals surface area (Å²) in [5.74, 6) is 0.647. The van der Waals surface area contributed by atoms with E-state index in [0.29, 0.717) is 37.1 Å². The van der Waals surface area contributed by atoms with Gasteiger partial charge in [-0.15, -0.1) is 0 Å². The van der Waals surface area contributed by atoms with Crippen molar-refractivity contribution in [3.8, 4) is 0 Å². The SMILES string of the molecule is CC(C)COCCNC(=O)c1cnn(C)c1N. The molecule has 0 bridgehead atoms. The van der Waals surface area contributed by atoms with Crippen LogP contribution in [0.25, 0.3) is 0 Å². The molecule has 0 aliphatic heterocycles. The molecule has 3 N–H and O–H groups in total. The molecular weight excluding hydrogens is 220 g/mol. The second kappa shape index (κ2) is 6.24. The molecule has 0 aliphatic rings. The van der Waals surface area contributed by atoms with Crippen LogP contribution in [0, 0.1) is 5.92 Å². The number of carbonyl (C=O) groups excluding carboxylic acids is 1. The number of anilines is 1. The first-order chi connectivity index (χ1) is 8.02. The van der Waals surface area contributed by atoms with Crippen LogP contribution in [0.3, 0.4) is 0 Å². The van der Waals surface area contributed by atoms with E-state index in [1.165, 1.54) is 10.9 Å². The molecule has 1 heterocycles. The van der Waals surface area contributed by atoms with Crippen LogP contribution in [0.4, 0.5) is 5.82 Å². The summed E-state index contributed by atoms with van der Waals surface area (Å²) >= 11 is 0. The molecule has 0 saturated carbocycles. The van der Waals surface area contributed by atoms with Gasteiger partial charge < -0.3 is 15.8 Å². The third-order valence-electron chi connectivity index (χ3n) is 2.21. The van der Waals surface area contributed by atoms with Gasteiger partial charge in [-0.1, -0.05) is 13.8 Å². The summed E-state index contributed by atoms with van der Waals surface area (Å²) in [5, 5.41) is 6.63. The van der Waals surface area contributed by atoms with Gasteiger partial charge in [0.15, 0.2) is 0 Å². The van der Waals surface area contributed by atoms with Crippen LogP contribution < -0.4 is 11.1 Å². The topological polar surface area (TPSA) is 82.2 Å². The molecule has 6 heteroatoms. The summed E-state index contributed by atoms with van der Waals surface area (Å²) in [6, 6.07) is 0. The van der Waals surface area contributed by atoms with Crippen molar-refractivity contribution in [2.75, 3.05) is 25.5 Å². The maximum absolute atomic E-state index is 11.7. The second-order valence-electron chi connectivity index (χ2n) is 4.29. The minimum atomic E-state index is -0.219. The molecule has 0 aliphatic carbocycles. The van der Waals surface area contributed by atoms with E-state index >= 15 is 0 Å². The third-order valence-corrected chi connectivity index (χ3v) is 2.21. The molecule has 0 spiro atoms. The lowest BCUT2D eigenvalue weighted by Gasteiger charge is -2.07. The highest BCUT2D eigenvalue weighted by molar-refractivity contribution is 5.98. The van der Waals surface area contributed by atoms with Gasteiger partial charge in [-0.05, 0) is 5.92 Å². The lowest BCUT2D eigenvalue weighted by atomic mass is 10.2. The summed E-state index contributed by atoms with van der Waals surface area (Å²) in [6.45, 7) is 5.83. The Morgan fingerprint density at radius 2 is 2.35 bits per heavy atom. The molecular formula is C11H20N4O2. The van der Waals surface area contributed by atoms with Crippen LogP contribution in [-0.4, -0.2) is 35.4 Å². The summed E-state index contributed by atoms with van der Waals surface area (Å²) < 4.78 is 6.81. The first-order valence-electron chi connectivity index (χ1n) is 5.65. The van der Waals surface area contributed by atoms with E-state index in [4.69, 9.17) is 10.5 Å². The van der Waals surface area contributed by atoms with E-state index < -0.39 is 0 Å². The van der Waals surface area contributed by atoms with E-state index in [0.717, 1.165) is 0 Å². The van der Waals surface area contributed by atoms with E-state index in [-0.39, 0.29) is 5.91 Å². The fourth-order valence-electron chi connectivity index (χ4n) is 1.27. The van der Waals surface area contributed by atoms with E-state index in [2.05, 4.69) is 24.3 Å². The number of rotatable bonds is 6. The molecule has 1 rings (SSSR count). The van der Waals surface area contributed by atoms with Gasteiger partial charge >= 0.3 is 0 Å². The monoisotopic (exact) mass is 240 g/mol. The Kier molecular flexibility index (Phi) is 4.96. The molecule has 1 aromatic heterocycles. The van der Waals surface area contributed by atoms with Gasteiger partial charge in [0.25, 0.3) is 5.91 Å². The molecule has 0 aromatic carbocycles. The third kappa shape index (κ3) is 4.07. The number of hydrogen-bond donors (Lipinski definition) is 2. The lowest BCUT2D eigenvalue weighted by Crippen LogP contribution is -2.28. The normalized spacial score (nSPS) is 10.8. The summed E-state index contributed by atoms with van der Waals surface area (Å²) in [4.78, 5) is 11.7. The van der Waals surface area contributed by atoms with Crippen LogP contribution in [0.1, 0.15) is 24.2 Å². The zero-order valence-corrected chi connectivity index (χ0v) is 10.6. The van der Waals surface area contributed by atoms with Crippen molar-refractivity contribution in [3.63, 3.8) is 0 Å². The number of nitrogens with two attached hydrogens (primary N) is 1. The number of amides is 1. The van der Waals surface area contributed by atoms with Gasteiger partial charge in [0.05, 0.1) is 12.8 Å². The Morgan fingerprint density at radius 3 is 2.88 bits per heavy atom. The molecule has 1 aromatic rings. The Bertz CT molecular complexity index is 374. The molecule has 96 valence electrons. The average Bonchev–Trinajstić information content (AvgIpc) is 2.59. The first kappa shape index (κ1) is 13.5. The molecule has 0 atom stereocenters. The maximum Gasteiger partial charge on any atom is 0.256 e. The standard InChI is InChI=1S/C11H20N4O2/c1-8(2)7-17-5-4-13-11(16)9-6-14-15(3)10(9)12/h6,8H,4-5,7,12H2,1-3H3,(H,13,16). The summed E-state index contributed by atoms with van der Waals surface area (Å²) in [6.07, 6.45) is 1.46. The predicted molar refractivity (Wildman–Crippen MR) is 65.6 cm³/mol. The van der Waals surface area contributed by atoms with Crippen molar-refractivity contribution in [2.45, 2.75) is 13.8 Å². The highest BCUT2D eigenvalue weighted by atomic mass is 16.5. The van der Waals surface area contributed by atoms with Crippen LogP contribution in [0.2, 0.25) is 0 Å². The van der Waals surface area contributed by atoms with Crippen LogP contribution in [0.15, 0.2) is 6.20 Å². The molecule has 0 radical (unpaired) electrons. The van der Waals surface area contributed by atoms with E-state index in [1.807, 2.05) is 0 Å². The van der Waals surface area contributed by atoms with Crippen molar-refractivity contribution in [3.05, 3.63) is 11.8 Å². The van der Waals surface area contributed by atoms with Gasteiger partial charge in [0.2, 0.25) is 0 Å².